The van der Waals surface area contributed by atoms with E-state index in [1.165, 1.54) is 42.3 Å². The highest BCUT2D eigenvalue weighted by molar-refractivity contribution is 5.93. The number of rotatable bonds is 3. The van der Waals surface area contributed by atoms with Crippen molar-refractivity contribution in [2.75, 3.05) is 5.32 Å². The van der Waals surface area contributed by atoms with Gasteiger partial charge in [0.1, 0.15) is 0 Å². The van der Waals surface area contributed by atoms with Gasteiger partial charge in [0, 0.05) is 23.3 Å². The summed E-state index contributed by atoms with van der Waals surface area (Å²) in [5, 5.41) is 4.99. The van der Waals surface area contributed by atoms with Gasteiger partial charge in [-0.05, 0) is 55.9 Å². The molecule has 2 heteroatoms. The highest BCUT2D eigenvalue weighted by Crippen LogP contribution is 2.32. The predicted molar refractivity (Wildman–Crippen MR) is 81.5 cm³/mol. The van der Waals surface area contributed by atoms with Crippen LogP contribution in [0.15, 0.2) is 30.5 Å². The van der Waals surface area contributed by atoms with Crippen LogP contribution in [0.1, 0.15) is 38.2 Å². The van der Waals surface area contributed by atoms with Crippen molar-refractivity contribution in [3.8, 4) is 0 Å². The van der Waals surface area contributed by atoms with E-state index in [1.807, 2.05) is 12.3 Å². The molecule has 2 atom stereocenters. The Labute approximate surface area is 115 Å². The van der Waals surface area contributed by atoms with Gasteiger partial charge in [-0.25, -0.2) is 0 Å². The number of aryl methyl sites for hydroxylation is 1. The average Bonchev–Trinajstić information content (AvgIpc) is 2.90. The monoisotopic (exact) mass is 254 g/mol. The third kappa shape index (κ3) is 2.44. The van der Waals surface area contributed by atoms with Crippen LogP contribution in [-0.4, -0.2) is 11.0 Å². The lowest BCUT2D eigenvalue weighted by Crippen LogP contribution is -2.15. The summed E-state index contributed by atoms with van der Waals surface area (Å²) in [4.78, 5) is 4.51. The zero-order valence-electron chi connectivity index (χ0n) is 11.8. The van der Waals surface area contributed by atoms with Gasteiger partial charge in [-0.15, -0.1) is 0 Å². The standard InChI is InChI=1S/C17H22N2/c1-3-13-7-8-14(11-13)19-16-9-6-12(2)17-15(16)5-4-10-18-17/h4-6,9-10,13-14,19H,3,7-8,11H2,1-2H3. The van der Waals surface area contributed by atoms with Crippen LogP contribution in [0.5, 0.6) is 0 Å². The normalized spacial score (nSPS) is 22.8. The molecule has 1 aliphatic rings. The number of pyridine rings is 1. The summed E-state index contributed by atoms with van der Waals surface area (Å²) in [6.07, 6.45) is 7.17. The molecule has 0 bridgehead atoms. The second kappa shape index (κ2) is 5.20. The van der Waals surface area contributed by atoms with Crippen LogP contribution >= 0.6 is 0 Å². The lowest BCUT2D eigenvalue weighted by atomic mass is 10.0. The molecule has 0 saturated heterocycles. The van der Waals surface area contributed by atoms with Crippen LogP contribution in [0.2, 0.25) is 0 Å². The van der Waals surface area contributed by atoms with Crippen molar-refractivity contribution < 1.29 is 0 Å². The van der Waals surface area contributed by atoms with Crippen LogP contribution in [0, 0.1) is 12.8 Å². The Morgan fingerprint density at radius 3 is 2.95 bits per heavy atom. The Kier molecular flexibility index (Phi) is 3.41. The molecule has 19 heavy (non-hydrogen) atoms. The average molecular weight is 254 g/mol. The fourth-order valence-electron chi connectivity index (χ4n) is 3.24. The molecule has 1 aromatic carbocycles. The maximum atomic E-state index is 4.51. The molecule has 0 aliphatic heterocycles. The molecule has 0 amide bonds. The molecular formula is C17H22N2. The van der Waals surface area contributed by atoms with Crippen molar-refractivity contribution in [3.63, 3.8) is 0 Å². The first-order valence-corrected chi connectivity index (χ1v) is 7.38. The van der Waals surface area contributed by atoms with E-state index in [-0.39, 0.29) is 0 Å². The van der Waals surface area contributed by atoms with Gasteiger partial charge >= 0.3 is 0 Å². The largest absolute Gasteiger partial charge is 0.382 e. The Hall–Kier alpha value is -1.57. The van der Waals surface area contributed by atoms with Crippen molar-refractivity contribution in [1.82, 2.24) is 4.98 Å². The molecule has 2 aromatic rings. The van der Waals surface area contributed by atoms with Crippen molar-refractivity contribution in [2.24, 2.45) is 5.92 Å². The first kappa shape index (κ1) is 12.5. The summed E-state index contributed by atoms with van der Waals surface area (Å²) in [6.45, 7) is 4.43. The Bertz CT molecular complexity index is 576. The van der Waals surface area contributed by atoms with E-state index in [4.69, 9.17) is 0 Å². The highest BCUT2D eigenvalue weighted by atomic mass is 14.9. The number of hydrogen-bond acceptors (Lipinski definition) is 2. The van der Waals surface area contributed by atoms with Gasteiger partial charge in [0.15, 0.2) is 0 Å². The molecule has 1 heterocycles. The van der Waals surface area contributed by atoms with Crippen LogP contribution < -0.4 is 5.32 Å². The molecule has 100 valence electrons. The van der Waals surface area contributed by atoms with Crippen LogP contribution in [0.3, 0.4) is 0 Å². The third-order valence-corrected chi connectivity index (χ3v) is 4.45. The fourth-order valence-corrected chi connectivity index (χ4v) is 3.24. The molecule has 0 radical (unpaired) electrons. The number of benzene rings is 1. The minimum absolute atomic E-state index is 0.635. The van der Waals surface area contributed by atoms with Crippen molar-refractivity contribution in [3.05, 3.63) is 36.0 Å². The number of nitrogens with one attached hydrogen (secondary N) is 1. The zero-order valence-corrected chi connectivity index (χ0v) is 11.8. The summed E-state index contributed by atoms with van der Waals surface area (Å²) >= 11 is 0. The molecule has 1 fully saturated rings. The predicted octanol–water partition coefficient (Wildman–Crippen LogP) is 4.53. The quantitative estimate of drug-likeness (QED) is 0.870. The molecule has 1 aliphatic carbocycles. The first-order valence-electron chi connectivity index (χ1n) is 7.38. The lowest BCUT2D eigenvalue weighted by molar-refractivity contribution is 0.525. The molecule has 3 rings (SSSR count). The summed E-state index contributed by atoms with van der Waals surface area (Å²) in [7, 11) is 0. The van der Waals surface area contributed by atoms with E-state index in [9.17, 15) is 0 Å². The zero-order chi connectivity index (χ0) is 13.2. The fraction of sp³-hybridized carbons (Fsp3) is 0.471. The minimum atomic E-state index is 0.635. The van der Waals surface area contributed by atoms with Crippen LogP contribution in [-0.2, 0) is 0 Å². The molecule has 1 N–H and O–H groups in total. The van der Waals surface area contributed by atoms with E-state index in [1.54, 1.807) is 0 Å². The number of hydrogen-bond donors (Lipinski definition) is 1. The summed E-state index contributed by atoms with van der Waals surface area (Å²) in [6, 6.07) is 9.21. The van der Waals surface area contributed by atoms with Gasteiger partial charge in [-0.3, -0.25) is 4.98 Å². The lowest BCUT2D eigenvalue weighted by Gasteiger charge is -2.16. The maximum absolute atomic E-state index is 4.51. The van der Waals surface area contributed by atoms with E-state index in [0.29, 0.717) is 6.04 Å². The Balaban J connectivity index is 1.87. The number of anilines is 1. The molecule has 1 saturated carbocycles. The third-order valence-electron chi connectivity index (χ3n) is 4.45. The Morgan fingerprint density at radius 2 is 2.16 bits per heavy atom. The molecular weight excluding hydrogens is 232 g/mol. The first-order chi connectivity index (χ1) is 9.28. The van der Waals surface area contributed by atoms with E-state index >= 15 is 0 Å². The highest BCUT2D eigenvalue weighted by Gasteiger charge is 2.23. The van der Waals surface area contributed by atoms with Gasteiger partial charge in [0.05, 0.1) is 5.52 Å². The van der Waals surface area contributed by atoms with Gasteiger partial charge in [-0.2, -0.15) is 0 Å². The van der Waals surface area contributed by atoms with E-state index < -0.39 is 0 Å². The summed E-state index contributed by atoms with van der Waals surface area (Å²) < 4.78 is 0. The molecule has 2 unspecified atom stereocenters. The summed E-state index contributed by atoms with van der Waals surface area (Å²) in [5.41, 5.74) is 3.62. The number of aromatic nitrogens is 1. The van der Waals surface area contributed by atoms with E-state index in [0.717, 1.165) is 11.4 Å². The summed E-state index contributed by atoms with van der Waals surface area (Å²) in [5.74, 6) is 0.910. The topological polar surface area (TPSA) is 24.9 Å². The van der Waals surface area contributed by atoms with Gasteiger partial charge in [0.2, 0.25) is 0 Å². The number of nitrogens with zero attached hydrogens (tertiary/aromatic N) is 1. The number of fused-ring (bicyclic) bond motifs is 1. The maximum Gasteiger partial charge on any atom is 0.0751 e. The van der Waals surface area contributed by atoms with Crippen molar-refractivity contribution in [1.29, 1.82) is 0 Å². The van der Waals surface area contributed by atoms with Gasteiger partial charge < -0.3 is 5.32 Å². The van der Waals surface area contributed by atoms with Crippen molar-refractivity contribution >= 4 is 16.6 Å². The molecule has 0 spiro atoms. The van der Waals surface area contributed by atoms with E-state index in [2.05, 4.69) is 42.3 Å². The van der Waals surface area contributed by atoms with Crippen molar-refractivity contribution in [2.45, 2.75) is 45.6 Å². The van der Waals surface area contributed by atoms with Crippen LogP contribution in [0.4, 0.5) is 5.69 Å². The smallest absolute Gasteiger partial charge is 0.0751 e. The van der Waals surface area contributed by atoms with Gasteiger partial charge in [0.25, 0.3) is 0 Å². The second-order valence-electron chi connectivity index (χ2n) is 5.76. The minimum Gasteiger partial charge on any atom is -0.382 e. The Morgan fingerprint density at radius 1 is 1.26 bits per heavy atom. The molecule has 2 nitrogen and oxygen atoms in total. The van der Waals surface area contributed by atoms with Crippen LogP contribution in [0.25, 0.3) is 10.9 Å². The second-order valence-corrected chi connectivity index (χ2v) is 5.76. The van der Waals surface area contributed by atoms with Gasteiger partial charge in [-0.1, -0.05) is 19.4 Å². The molecule has 1 aromatic heterocycles. The SMILES string of the molecule is CCC1CCC(Nc2ccc(C)c3ncccc23)C1.